The first-order chi connectivity index (χ1) is 7.67. The Morgan fingerprint density at radius 3 is 2.94 bits per heavy atom. The van der Waals surface area contributed by atoms with Crippen molar-refractivity contribution in [2.75, 3.05) is 0 Å². The van der Waals surface area contributed by atoms with Crippen LogP contribution in [0.5, 0.6) is 0 Å². The lowest BCUT2D eigenvalue weighted by molar-refractivity contribution is 0.275. The van der Waals surface area contributed by atoms with Crippen molar-refractivity contribution < 1.29 is 9.68 Å². The third-order valence-corrected chi connectivity index (χ3v) is 3.45. The molecule has 16 heavy (non-hydrogen) atoms. The predicted molar refractivity (Wildman–Crippen MR) is 65.4 cm³/mol. The molecule has 86 valence electrons. The molecule has 0 saturated heterocycles. The van der Waals surface area contributed by atoms with Crippen LogP contribution in [0.1, 0.15) is 42.9 Å². The highest BCUT2D eigenvalue weighted by Gasteiger charge is 2.29. The van der Waals surface area contributed by atoms with Crippen molar-refractivity contribution in [2.45, 2.75) is 39.3 Å². The van der Waals surface area contributed by atoms with Crippen molar-refractivity contribution in [2.24, 2.45) is 5.73 Å². The van der Waals surface area contributed by atoms with Crippen molar-refractivity contribution in [3.8, 4) is 0 Å². The van der Waals surface area contributed by atoms with Crippen molar-refractivity contribution in [3.63, 3.8) is 0 Å². The quantitative estimate of drug-likeness (QED) is 0.742. The summed E-state index contributed by atoms with van der Waals surface area (Å²) in [5.41, 5.74) is 10.1. The lowest BCUT2D eigenvalue weighted by Gasteiger charge is -2.14. The molecule has 0 bridgehead atoms. The van der Waals surface area contributed by atoms with E-state index in [1.165, 1.54) is 5.56 Å². The highest BCUT2D eigenvalue weighted by Crippen LogP contribution is 2.23. The number of fused-ring (bicyclic) bond motifs is 1. The third kappa shape index (κ3) is 1.88. The van der Waals surface area contributed by atoms with E-state index in [4.69, 9.17) is 10.4 Å². The first-order valence-electron chi connectivity index (χ1n) is 5.82. The van der Waals surface area contributed by atoms with Gasteiger partial charge in [-0.05, 0) is 34.5 Å². The van der Waals surface area contributed by atoms with E-state index in [-0.39, 0.29) is 0 Å². The second-order valence-corrected chi connectivity index (χ2v) is 4.42. The fraction of sp³-hybridized carbons (Fsp3) is 0.500. The molecule has 3 N–H and O–H groups in total. The fourth-order valence-electron chi connectivity index (χ4n) is 2.13. The Morgan fingerprint density at radius 1 is 1.56 bits per heavy atom. The maximum atomic E-state index is 9.72. The maximum Gasteiger partial charge on any atom is 0.491 e. The molecule has 2 rings (SSSR count). The third-order valence-electron chi connectivity index (χ3n) is 3.45. The summed E-state index contributed by atoms with van der Waals surface area (Å²) < 4.78 is 5.23. The van der Waals surface area contributed by atoms with Crippen LogP contribution in [0, 0.1) is 0 Å². The molecule has 1 unspecified atom stereocenters. The largest absolute Gasteiger partial charge is 0.491 e. The van der Waals surface area contributed by atoms with Crippen molar-refractivity contribution in [1.29, 1.82) is 0 Å². The van der Waals surface area contributed by atoms with Crippen LogP contribution in [-0.4, -0.2) is 12.1 Å². The second-order valence-electron chi connectivity index (χ2n) is 4.42. The van der Waals surface area contributed by atoms with Crippen LogP contribution in [-0.2, 0) is 17.8 Å². The van der Waals surface area contributed by atoms with Gasteiger partial charge in [-0.15, -0.1) is 0 Å². The smallest absolute Gasteiger partial charge is 0.423 e. The SMILES string of the molecule is CCC(C)c1cc(CN)c2c(c1)B(O)OC2. The Labute approximate surface area is 96.8 Å². The van der Waals surface area contributed by atoms with Crippen molar-refractivity contribution >= 4 is 12.6 Å². The van der Waals surface area contributed by atoms with Gasteiger partial charge in [0.2, 0.25) is 0 Å². The zero-order valence-electron chi connectivity index (χ0n) is 9.86. The van der Waals surface area contributed by atoms with Crippen molar-refractivity contribution in [3.05, 3.63) is 28.8 Å². The van der Waals surface area contributed by atoms with E-state index < -0.39 is 7.12 Å². The summed E-state index contributed by atoms with van der Waals surface area (Å²) in [7, 11) is -0.774. The van der Waals surface area contributed by atoms with E-state index >= 15 is 0 Å². The van der Waals surface area contributed by atoms with Gasteiger partial charge in [-0.2, -0.15) is 0 Å². The molecule has 0 radical (unpaired) electrons. The van der Waals surface area contributed by atoms with E-state index in [1.807, 2.05) is 0 Å². The monoisotopic (exact) mass is 219 g/mol. The van der Waals surface area contributed by atoms with E-state index in [2.05, 4.69) is 26.0 Å². The van der Waals surface area contributed by atoms with Gasteiger partial charge in [-0.25, -0.2) is 0 Å². The average molecular weight is 219 g/mol. The van der Waals surface area contributed by atoms with E-state index in [9.17, 15) is 5.02 Å². The number of nitrogens with two attached hydrogens (primary N) is 1. The summed E-state index contributed by atoms with van der Waals surface area (Å²) in [5, 5.41) is 9.72. The van der Waals surface area contributed by atoms with E-state index in [0.29, 0.717) is 19.1 Å². The molecule has 0 aliphatic carbocycles. The summed E-state index contributed by atoms with van der Waals surface area (Å²) in [6.07, 6.45) is 1.08. The normalized spacial score (nSPS) is 16.4. The van der Waals surface area contributed by atoms with Crippen LogP contribution in [0.4, 0.5) is 0 Å². The number of rotatable bonds is 3. The van der Waals surface area contributed by atoms with Gasteiger partial charge in [0.15, 0.2) is 0 Å². The zero-order valence-corrected chi connectivity index (χ0v) is 9.86. The predicted octanol–water partition coefficient (Wildman–Crippen LogP) is 0.876. The van der Waals surface area contributed by atoms with E-state index in [1.54, 1.807) is 0 Å². The standard InChI is InChI=1S/C12H18BNO2/c1-3-8(2)9-4-10(6-14)11-7-16-13(15)12(11)5-9/h4-5,8,15H,3,6-7,14H2,1-2H3. The molecule has 0 fully saturated rings. The summed E-state index contributed by atoms with van der Waals surface area (Å²) in [4.78, 5) is 0. The van der Waals surface area contributed by atoms with Crippen LogP contribution < -0.4 is 11.2 Å². The van der Waals surface area contributed by atoms with Crippen LogP contribution in [0.2, 0.25) is 0 Å². The molecule has 0 spiro atoms. The Morgan fingerprint density at radius 2 is 2.31 bits per heavy atom. The molecule has 1 aliphatic rings. The average Bonchev–Trinajstić information content (AvgIpc) is 2.69. The molecule has 0 saturated carbocycles. The van der Waals surface area contributed by atoms with Gasteiger partial charge in [-0.1, -0.05) is 26.0 Å². The summed E-state index contributed by atoms with van der Waals surface area (Å²) in [5.74, 6) is 0.489. The van der Waals surface area contributed by atoms with Gasteiger partial charge in [0.05, 0.1) is 6.61 Å². The lowest BCUT2D eigenvalue weighted by atomic mass is 9.76. The summed E-state index contributed by atoms with van der Waals surface area (Å²) >= 11 is 0. The lowest BCUT2D eigenvalue weighted by Crippen LogP contribution is -2.29. The zero-order chi connectivity index (χ0) is 11.7. The molecular formula is C12H18BNO2. The Bertz CT molecular complexity index is 395. The van der Waals surface area contributed by atoms with Crippen LogP contribution in [0.3, 0.4) is 0 Å². The van der Waals surface area contributed by atoms with Gasteiger partial charge in [0.1, 0.15) is 0 Å². The van der Waals surface area contributed by atoms with Gasteiger partial charge in [0.25, 0.3) is 0 Å². The summed E-state index contributed by atoms with van der Waals surface area (Å²) in [6, 6.07) is 4.20. The first kappa shape index (κ1) is 11.6. The molecule has 3 nitrogen and oxygen atoms in total. The Hall–Kier alpha value is -0.835. The number of hydrogen-bond donors (Lipinski definition) is 2. The minimum atomic E-state index is -0.774. The molecule has 1 aromatic rings. The minimum Gasteiger partial charge on any atom is -0.423 e. The Kier molecular flexibility index (Phi) is 3.33. The van der Waals surface area contributed by atoms with Gasteiger partial charge < -0.3 is 15.4 Å². The fourth-order valence-corrected chi connectivity index (χ4v) is 2.13. The molecule has 1 aliphatic heterocycles. The van der Waals surface area contributed by atoms with Gasteiger partial charge in [0, 0.05) is 6.54 Å². The highest BCUT2D eigenvalue weighted by atomic mass is 16.5. The molecular weight excluding hydrogens is 201 g/mol. The first-order valence-corrected chi connectivity index (χ1v) is 5.82. The molecule has 0 amide bonds. The second kappa shape index (κ2) is 4.57. The maximum absolute atomic E-state index is 9.72. The highest BCUT2D eigenvalue weighted by molar-refractivity contribution is 6.61. The molecule has 1 aromatic carbocycles. The van der Waals surface area contributed by atoms with Crippen LogP contribution in [0.15, 0.2) is 12.1 Å². The van der Waals surface area contributed by atoms with Crippen molar-refractivity contribution in [1.82, 2.24) is 0 Å². The molecule has 1 heterocycles. The summed E-state index contributed by atoms with van der Waals surface area (Å²) in [6.45, 7) is 5.32. The van der Waals surface area contributed by atoms with E-state index in [0.717, 1.165) is 23.0 Å². The number of benzene rings is 1. The van der Waals surface area contributed by atoms with Crippen LogP contribution in [0.25, 0.3) is 0 Å². The number of hydrogen-bond acceptors (Lipinski definition) is 3. The Balaban J connectivity index is 2.48. The van der Waals surface area contributed by atoms with Gasteiger partial charge in [-0.3, -0.25) is 0 Å². The molecule has 4 heteroatoms. The van der Waals surface area contributed by atoms with Gasteiger partial charge >= 0.3 is 7.12 Å². The minimum absolute atomic E-state index is 0.476. The topological polar surface area (TPSA) is 55.5 Å². The molecule has 1 atom stereocenters. The van der Waals surface area contributed by atoms with Crippen LogP contribution >= 0.6 is 0 Å². The molecule has 0 aromatic heterocycles.